The first-order valence-electron chi connectivity index (χ1n) is 9.01. The van der Waals surface area contributed by atoms with Crippen molar-refractivity contribution in [3.05, 3.63) is 59.9 Å². The molecular weight excluding hydrogens is 360 g/mol. The molecule has 7 heteroatoms. The van der Waals surface area contributed by atoms with Crippen LogP contribution in [0.15, 0.2) is 48.7 Å². The number of benzene rings is 1. The molecule has 1 aromatic carbocycles. The number of hydrogen-bond acceptors (Lipinski definition) is 7. The Balaban J connectivity index is 1.99. The molecule has 1 aliphatic rings. The van der Waals surface area contributed by atoms with Crippen molar-refractivity contribution in [3.8, 4) is 5.75 Å². The van der Waals surface area contributed by atoms with E-state index in [2.05, 4.69) is 10.3 Å². The van der Waals surface area contributed by atoms with E-state index in [0.29, 0.717) is 17.9 Å². The number of esters is 2. The summed E-state index contributed by atoms with van der Waals surface area (Å²) >= 11 is 0. The molecule has 0 aliphatic carbocycles. The standard InChI is InChI=1S/C21H24N2O5/c1-26-15-9-10-17(22-13-15)18-16(19(24)27-2)12-21(23-18,20(25)28-3)11-14-7-5-4-6-8-14/h4-10,13,16,18,23H,11-12H2,1-3H3/t16-,18+,21-/m1/s1. The highest BCUT2D eigenvalue weighted by atomic mass is 16.5. The Labute approximate surface area is 164 Å². The topological polar surface area (TPSA) is 86.8 Å². The Morgan fingerprint density at radius 2 is 1.86 bits per heavy atom. The van der Waals surface area contributed by atoms with Crippen molar-refractivity contribution in [2.24, 2.45) is 5.92 Å². The van der Waals surface area contributed by atoms with Crippen molar-refractivity contribution in [3.63, 3.8) is 0 Å². The molecule has 7 nitrogen and oxygen atoms in total. The zero-order valence-electron chi connectivity index (χ0n) is 16.2. The average molecular weight is 384 g/mol. The molecule has 1 fully saturated rings. The lowest BCUT2D eigenvalue weighted by Gasteiger charge is -2.27. The normalized spacial score (nSPS) is 23.8. The van der Waals surface area contributed by atoms with Crippen molar-refractivity contribution in [2.45, 2.75) is 24.4 Å². The molecule has 1 N–H and O–H groups in total. The van der Waals surface area contributed by atoms with Crippen molar-refractivity contribution in [1.82, 2.24) is 10.3 Å². The van der Waals surface area contributed by atoms with Crippen molar-refractivity contribution in [2.75, 3.05) is 21.3 Å². The summed E-state index contributed by atoms with van der Waals surface area (Å²) in [6.45, 7) is 0. The first kappa shape index (κ1) is 19.8. The fraction of sp³-hybridized carbons (Fsp3) is 0.381. The number of aromatic nitrogens is 1. The molecule has 0 spiro atoms. The van der Waals surface area contributed by atoms with Crippen LogP contribution in [-0.2, 0) is 25.5 Å². The summed E-state index contributed by atoms with van der Waals surface area (Å²) in [7, 11) is 4.25. The summed E-state index contributed by atoms with van der Waals surface area (Å²) in [6, 6.07) is 12.7. The van der Waals surface area contributed by atoms with Crippen molar-refractivity contribution < 1.29 is 23.8 Å². The van der Waals surface area contributed by atoms with Crippen LogP contribution in [0, 0.1) is 5.92 Å². The highest BCUT2D eigenvalue weighted by Crippen LogP contribution is 2.41. The first-order valence-corrected chi connectivity index (χ1v) is 9.01. The second-order valence-electron chi connectivity index (χ2n) is 6.81. The Morgan fingerprint density at radius 3 is 2.43 bits per heavy atom. The van der Waals surface area contributed by atoms with Gasteiger partial charge in [-0.25, -0.2) is 0 Å². The van der Waals surface area contributed by atoms with Crippen LogP contribution in [-0.4, -0.2) is 43.8 Å². The van der Waals surface area contributed by atoms with E-state index in [1.54, 1.807) is 25.4 Å². The maximum atomic E-state index is 12.8. The summed E-state index contributed by atoms with van der Waals surface area (Å²) < 4.78 is 15.3. The lowest BCUT2D eigenvalue weighted by molar-refractivity contribution is -0.148. The number of carbonyl (C=O) groups excluding carboxylic acids is 2. The van der Waals surface area contributed by atoms with Crippen LogP contribution < -0.4 is 10.1 Å². The van der Waals surface area contributed by atoms with Crippen LogP contribution >= 0.6 is 0 Å². The molecule has 2 aromatic rings. The molecular formula is C21H24N2O5. The number of nitrogens with one attached hydrogen (secondary N) is 1. The number of ether oxygens (including phenoxy) is 3. The molecule has 0 bridgehead atoms. The summed E-state index contributed by atoms with van der Waals surface area (Å²) in [5, 5.41) is 3.34. The van der Waals surface area contributed by atoms with Gasteiger partial charge in [0, 0.05) is 6.42 Å². The van der Waals surface area contributed by atoms with E-state index in [4.69, 9.17) is 14.2 Å². The SMILES string of the molecule is COC(=O)[C@@H]1C[C@](Cc2ccccc2)(C(=O)OC)N[C@@H]1c1ccc(OC)cn1. The summed E-state index contributed by atoms with van der Waals surface area (Å²) in [5.74, 6) is -0.774. The zero-order valence-corrected chi connectivity index (χ0v) is 16.2. The maximum Gasteiger partial charge on any atom is 0.326 e. The monoisotopic (exact) mass is 384 g/mol. The van der Waals surface area contributed by atoms with Crippen LogP contribution in [0.3, 0.4) is 0 Å². The Kier molecular flexibility index (Phi) is 5.94. The summed E-state index contributed by atoms with van der Waals surface area (Å²) in [5.41, 5.74) is 0.545. The summed E-state index contributed by atoms with van der Waals surface area (Å²) in [6.07, 6.45) is 2.22. The third kappa shape index (κ3) is 3.84. The number of methoxy groups -OCH3 is 3. The number of carbonyl (C=O) groups is 2. The number of nitrogens with zero attached hydrogens (tertiary/aromatic N) is 1. The zero-order chi connectivity index (χ0) is 20.1. The van der Waals surface area contributed by atoms with E-state index < -0.39 is 29.4 Å². The van der Waals surface area contributed by atoms with Gasteiger partial charge in [0.1, 0.15) is 11.3 Å². The van der Waals surface area contributed by atoms with E-state index in [1.807, 2.05) is 30.3 Å². The van der Waals surface area contributed by atoms with Gasteiger partial charge in [-0.15, -0.1) is 0 Å². The minimum atomic E-state index is -1.05. The predicted octanol–water partition coefficient (Wildman–Crippen LogP) is 2.07. The summed E-state index contributed by atoms with van der Waals surface area (Å²) in [4.78, 5) is 29.7. The smallest absolute Gasteiger partial charge is 0.326 e. The van der Waals surface area contributed by atoms with Crippen LogP contribution in [0.1, 0.15) is 23.7 Å². The molecule has 1 aromatic heterocycles. The maximum absolute atomic E-state index is 12.8. The molecule has 3 rings (SSSR count). The largest absolute Gasteiger partial charge is 0.495 e. The van der Waals surface area contributed by atoms with Gasteiger partial charge in [-0.2, -0.15) is 0 Å². The number of rotatable bonds is 6. The number of hydrogen-bond donors (Lipinski definition) is 1. The fourth-order valence-electron chi connectivity index (χ4n) is 3.78. The van der Waals surface area contributed by atoms with Crippen LogP contribution in [0.4, 0.5) is 0 Å². The van der Waals surface area contributed by atoms with Gasteiger partial charge >= 0.3 is 11.9 Å². The Hall–Kier alpha value is -2.93. The highest BCUT2D eigenvalue weighted by molar-refractivity contribution is 5.85. The molecule has 0 saturated carbocycles. The van der Waals surface area contributed by atoms with Gasteiger partial charge in [0.2, 0.25) is 0 Å². The van der Waals surface area contributed by atoms with E-state index in [-0.39, 0.29) is 6.42 Å². The van der Waals surface area contributed by atoms with Gasteiger partial charge in [-0.1, -0.05) is 30.3 Å². The van der Waals surface area contributed by atoms with Gasteiger partial charge in [0.15, 0.2) is 0 Å². The minimum absolute atomic E-state index is 0.250. The molecule has 1 saturated heterocycles. The second kappa shape index (κ2) is 8.39. The molecule has 148 valence electrons. The third-order valence-electron chi connectivity index (χ3n) is 5.14. The Bertz CT molecular complexity index is 824. The van der Waals surface area contributed by atoms with E-state index >= 15 is 0 Å². The minimum Gasteiger partial charge on any atom is -0.495 e. The molecule has 28 heavy (non-hydrogen) atoms. The molecule has 1 aliphatic heterocycles. The third-order valence-corrected chi connectivity index (χ3v) is 5.14. The lowest BCUT2D eigenvalue weighted by atomic mass is 9.85. The first-order chi connectivity index (χ1) is 13.5. The molecule has 0 amide bonds. The van der Waals surface area contributed by atoms with Crippen LogP contribution in [0.2, 0.25) is 0 Å². The Morgan fingerprint density at radius 1 is 1.11 bits per heavy atom. The average Bonchev–Trinajstić information content (AvgIpc) is 3.14. The second-order valence-corrected chi connectivity index (χ2v) is 6.81. The molecule has 0 radical (unpaired) electrons. The quantitative estimate of drug-likeness (QED) is 0.763. The number of pyridine rings is 1. The molecule has 2 heterocycles. The van der Waals surface area contributed by atoms with E-state index in [1.165, 1.54) is 14.2 Å². The van der Waals surface area contributed by atoms with Crippen molar-refractivity contribution >= 4 is 11.9 Å². The molecule has 3 atom stereocenters. The van der Waals surface area contributed by atoms with Crippen LogP contribution in [0.5, 0.6) is 5.75 Å². The highest BCUT2D eigenvalue weighted by Gasteiger charge is 2.54. The van der Waals surface area contributed by atoms with Gasteiger partial charge in [0.05, 0.1) is 45.2 Å². The van der Waals surface area contributed by atoms with Crippen molar-refractivity contribution in [1.29, 1.82) is 0 Å². The lowest BCUT2D eigenvalue weighted by Crippen LogP contribution is -2.50. The van der Waals surface area contributed by atoms with Gasteiger partial charge in [-0.3, -0.25) is 19.9 Å². The van der Waals surface area contributed by atoms with E-state index in [0.717, 1.165) is 5.56 Å². The van der Waals surface area contributed by atoms with Crippen LogP contribution in [0.25, 0.3) is 0 Å². The predicted molar refractivity (Wildman–Crippen MR) is 102 cm³/mol. The van der Waals surface area contributed by atoms with Gasteiger partial charge in [-0.05, 0) is 24.1 Å². The van der Waals surface area contributed by atoms with Gasteiger partial charge < -0.3 is 14.2 Å². The van der Waals surface area contributed by atoms with E-state index in [9.17, 15) is 9.59 Å². The van der Waals surface area contributed by atoms with Gasteiger partial charge in [0.25, 0.3) is 0 Å². The fourth-order valence-corrected chi connectivity index (χ4v) is 3.78. The molecule has 0 unspecified atom stereocenters.